The lowest BCUT2D eigenvalue weighted by molar-refractivity contribution is -0.114. The quantitative estimate of drug-likeness (QED) is 0.636. The fourth-order valence-electron chi connectivity index (χ4n) is 2.26. The van der Waals surface area contributed by atoms with Gasteiger partial charge in [0, 0.05) is 24.3 Å². The summed E-state index contributed by atoms with van der Waals surface area (Å²) in [6.07, 6.45) is 7.84. The van der Waals surface area contributed by atoms with Gasteiger partial charge in [-0.2, -0.15) is 0 Å². The summed E-state index contributed by atoms with van der Waals surface area (Å²) in [5, 5.41) is 6.27. The van der Waals surface area contributed by atoms with Gasteiger partial charge < -0.3 is 10.6 Å². The third-order valence-corrected chi connectivity index (χ3v) is 3.36. The lowest BCUT2D eigenvalue weighted by atomic mass is 10.1. The van der Waals surface area contributed by atoms with Crippen molar-refractivity contribution in [1.82, 2.24) is 0 Å². The second kappa shape index (κ2) is 9.40. The SMILES string of the molecule is CCCCCCCC(C)Nc1ccc(NC(C)=O)cc1. The van der Waals surface area contributed by atoms with E-state index in [1.807, 2.05) is 24.3 Å². The Morgan fingerprint density at radius 1 is 1.05 bits per heavy atom. The maximum Gasteiger partial charge on any atom is 0.221 e. The molecule has 0 spiro atoms. The molecule has 0 aliphatic rings. The molecule has 1 rings (SSSR count). The molecule has 0 aliphatic heterocycles. The van der Waals surface area contributed by atoms with Crippen LogP contribution < -0.4 is 10.6 Å². The summed E-state index contributed by atoms with van der Waals surface area (Å²) < 4.78 is 0. The van der Waals surface area contributed by atoms with Crippen LogP contribution >= 0.6 is 0 Å². The standard InChI is InChI=1S/C17H28N2O/c1-4-5-6-7-8-9-14(2)18-16-10-12-17(13-11-16)19-15(3)20/h10-14,18H,4-9H2,1-3H3,(H,19,20). The smallest absolute Gasteiger partial charge is 0.221 e. The van der Waals surface area contributed by atoms with Crippen molar-refractivity contribution in [3.8, 4) is 0 Å². The Morgan fingerprint density at radius 3 is 2.25 bits per heavy atom. The monoisotopic (exact) mass is 276 g/mol. The molecule has 0 fully saturated rings. The predicted octanol–water partition coefficient (Wildman–Crippen LogP) is 4.81. The van der Waals surface area contributed by atoms with Crippen LogP contribution in [0.3, 0.4) is 0 Å². The third-order valence-electron chi connectivity index (χ3n) is 3.36. The predicted molar refractivity (Wildman–Crippen MR) is 87.2 cm³/mol. The molecule has 112 valence electrons. The summed E-state index contributed by atoms with van der Waals surface area (Å²) in [5.74, 6) is -0.0360. The van der Waals surface area contributed by atoms with E-state index >= 15 is 0 Å². The highest BCUT2D eigenvalue weighted by molar-refractivity contribution is 5.88. The molecule has 0 aliphatic carbocycles. The van der Waals surface area contributed by atoms with Crippen LogP contribution in [0.2, 0.25) is 0 Å². The van der Waals surface area contributed by atoms with Crippen molar-refractivity contribution in [2.75, 3.05) is 10.6 Å². The van der Waals surface area contributed by atoms with Crippen LogP contribution in [0, 0.1) is 0 Å². The fraction of sp³-hybridized carbons (Fsp3) is 0.588. The van der Waals surface area contributed by atoms with E-state index in [9.17, 15) is 4.79 Å². The van der Waals surface area contributed by atoms with Crippen LogP contribution in [-0.4, -0.2) is 11.9 Å². The van der Waals surface area contributed by atoms with Gasteiger partial charge in [-0.25, -0.2) is 0 Å². The van der Waals surface area contributed by atoms with Crippen LogP contribution in [0.5, 0.6) is 0 Å². The van der Waals surface area contributed by atoms with Crippen LogP contribution in [-0.2, 0) is 4.79 Å². The first-order valence-electron chi connectivity index (χ1n) is 7.76. The number of hydrogen-bond acceptors (Lipinski definition) is 2. The van der Waals surface area contributed by atoms with Gasteiger partial charge in [0.2, 0.25) is 5.91 Å². The zero-order chi connectivity index (χ0) is 14.8. The van der Waals surface area contributed by atoms with Crippen LogP contribution in [0.4, 0.5) is 11.4 Å². The highest BCUT2D eigenvalue weighted by Gasteiger charge is 2.02. The second-order valence-corrected chi connectivity index (χ2v) is 5.51. The molecular weight excluding hydrogens is 248 g/mol. The summed E-state index contributed by atoms with van der Waals surface area (Å²) >= 11 is 0. The zero-order valence-corrected chi connectivity index (χ0v) is 13.0. The number of carbonyl (C=O) groups is 1. The summed E-state index contributed by atoms with van der Waals surface area (Å²) in [6, 6.07) is 8.37. The van der Waals surface area contributed by atoms with E-state index in [0.717, 1.165) is 11.4 Å². The van der Waals surface area contributed by atoms with Crippen LogP contribution in [0.25, 0.3) is 0 Å². The molecule has 1 atom stereocenters. The van der Waals surface area contributed by atoms with Crippen LogP contribution in [0.15, 0.2) is 24.3 Å². The van der Waals surface area contributed by atoms with Gasteiger partial charge in [-0.15, -0.1) is 0 Å². The van der Waals surface area contributed by atoms with E-state index in [2.05, 4.69) is 24.5 Å². The first-order valence-corrected chi connectivity index (χ1v) is 7.76. The molecule has 0 saturated carbocycles. The number of unbranched alkanes of at least 4 members (excludes halogenated alkanes) is 4. The Hall–Kier alpha value is -1.51. The van der Waals surface area contributed by atoms with E-state index in [-0.39, 0.29) is 5.91 Å². The van der Waals surface area contributed by atoms with Gasteiger partial charge in [0.1, 0.15) is 0 Å². The average molecular weight is 276 g/mol. The number of amides is 1. The van der Waals surface area contributed by atoms with Crippen molar-refractivity contribution in [2.24, 2.45) is 0 Å². The number of carbonyl (C=O) groups excluding carboxylic acids is 1. The zero-order valence-electron chi connectivity index (χ0n) is 13.0. The number of rotatable bonds is 9. The Kier molecular flexibility index (Phi) is 7.78. The van der Waals surface area contributed by atoms with Gasteiger partial charge in [0.25, 0.3) is 0 Å². The second-order valence-electron chi connectivity index (χ2n) is 5.51. The molecule has 0 radical (unpaired) electrons. The van der Waals surface area contributed by atoms with Crippen molar-refractivity contribution in [1.29, 1.82) is 0 Å². The third kappa shape index (κ3) is 7.17. The van der Waals surface area contributed by atoms with Gasteiger partial charge in [-0.3, -0.25) is 4.79 Å². The van der Waals surface area contributed by atoms with Crippen molar-refractivity contribution >= 4 is 17.3 Å². The minimum absolute atomic E-state index is 0.0360. The summed E-state index contributed by atoms with van der Waals surface area (Å²) in [6.45, 7) is 5.99. The summed E-state index contributed by atoms with van der Waals surface area (Å²) in [7, 11) is 0. The minimum atomic E-state index is -0.0360. The number of anilines is 2. The number of hydrogen-bond donors (Lipinski definition) is 2. The molecule has 1 amide bonds. The fourth-order valence-corrected chi connectivity index (χ4v) is 2.26. The summed E-state index contributed by atoms with van der Waals surface area (Å²) in [5.41, 5.74) is 1.95. The lowest BCUT2D eigenvalue weighted by Crippen LogP contribution is -2.14. The Bertz CT molecular complexity index is 386. The molecule has 0 aromatic heterocycles. The van der Waals surface area contributed by atoms with Gasteiger partial charge in [0.15, 0.2) is 0 Å². The van der Waals surface area contributed by atoms with Gasteiger partial charge in [0.05, 0.1) is 0 Å². The van der Waals surface area contributed by atoms with E-state index in [1.54, 1.807) is 0 Å². The molecule has 1 aromatic carbocycles. The van der Waals surface area contributed by atoms with Gasteiger partial charge in [-0.05, 0) is 37.6 Å². The normalized spacial score (nSPS) is 11.9. The maximum absolute atomic E-state index is 10.9. The number of nitrogens with one attached hydrogen (secondary N) is 2. The minimum Gasteiger partial charge on any atom is -0.383 e. The molecular formula is C17H28N2O. The van der Waals surface area contributed by atoms with Crippen molar-refractivity contribution in [2.45, 2.75) is 65.3 Å². The first kappa shape index (κ1) is 16.5. The molecule has 1 unspecified atom stereocenters. The topological polar surface area (TPSA) is 41.1 Å². The van der Waals surface area contributed by atoms with Crippen LogP contribution in [0.1, 0.15) is 59.3 Å². The molecule has 0 saturated heterocycles. The number of benzene rings is 1. The molecule has 3 nitrogen and oxygen atoms in total. The Balaban J connectivity index is 2.27. The molecule has 0 bridgehead atoms. The highest BCUT2D eigenvalue weighted by Crippen LogP contribution is 2.16. The molecule has 1 aromatic rings. The highest BCUT2D eigenvalue weighted by atomic mass is 16.1. The maximum atomic E-state index is 10.9. The van der Waals surface area contributed by atoms with E-state index < -0.39 is 0 Å². The molecule has 3 heteroatoms. The average Bonchev–Trinajstić information content (AvgIpc) is 2.40. The van der Waals surface area contributed by atoms with Gasteiger partial charge >= 0.3 is 0 Å². The summed E-state index contributed by atoms with van der Waals surface area (Å²) in [4.78, 5) is 10.9. The molecule has 2 N–H and O–H groups in total. The lowest BCUT2D eigenvalue weighted by Gasteiger charge is -2.15. The van der Waals surface area contributed by atoms with E-state index in [4.69, 9.17) is 0 Å². The van der Waals surface area contributed by atoms with Crippen molar-refractivity contribution < 1.29 is 4.79 Å². The molecule has 20 heavy (non-hydrogen) atoms. The van der Waals surface area contributed by atoms with Gasteiger partial charge in [-0.1, -0.05) is 39.0 Å². The largest absolute Gasteiger partial charge is 0.383 e. The first-order chi connectivity index (χ1) is 9.61. The van der Waals surface area contributed by atoms with E-state index in [1.165, 1.54) is 45.4 Å². The Morgan fingerprint density at radius 2 is 1.65 bits per heavy atom. The van der Waals surface area contributed by atoms with Crippen molar-refractivity contribution in [3.05, 3.63) is 24.3 Å². The molecule has 0 heterocycles. The Labute approximate surface area is 123 Å². The van der Waals surface area contributed by atoms with E-state index in [0.29, 0.717) is 6.04 Å². The van der Waals surface area contributed by atoms with Crippen molar-refractivity contribution in [3.63, 3.8) is 0 Å².